The van der Waals surface area contributed by atoms with Crippen LogP contribution in [0.15, 0.2) is 0 Å². The van der Waals surface area contributed by atoms with Crippen molar-refractivity contribution in [1.29, 1.82) is 0 Å². The quantitative estimate of drug-likeness (QED) is 0.784. The highest BCUT2D eigenvalue weighted by Gasteiger charge is 2.46. The van der Waals surface area contributed by atoms with Gasteiger partial charge in [0.2, 0.25) is 0 Å². The van der Waals surface area contributed by atoms with Crippen LogP contribution in [0.3, 0.4) is 0 Å². The van der Waals surface area contributed by atoms with Crippen LogP contribution in [0.4, 0.5) is 0 Å². The molecule has 0 radical (unpaired) electrons. The van der Waals surface area contributed by atoms with Gasteiger partial charge in [0.25, 0.3) is 0 Å². The Kier molecular flexibility index (Phi) is 4.98. The average Bonchev–Trinajstić information content (AvgIpc) is 2.83. The number of nitrogens with zero attached hydrogens (tertiary/aromatic N) is 1. The third kappa shape index (κ3) is 3.03. The molecule has 0 bridgehead atoms. The minimum atomic E-state index is -0.440. The molecule has 0 amide bonds. The first kappa shape index (κ1) is 14.2. The molecule has 1 aliphatic heterocycles. The van der Waals surface area contributed by atoms with Gasteiger partial charge >= 0.3 is 0 Å². The number of rotatable bonds is 5. The second kappa shape index (κ2) is 6.30. The van der Waals surface area contributed by atoms with Crippen molar-refractivity contribution in [3.05, 3.63) is 0 Å². The molecule has 0 aromatic heterocycles. The molecule has 2 aliphatic rings. The number of likely N-dealkylation sites (N-methyl/N-ethyl adjacent to an activating group) is 1. The van der Waals surface area contributed by atoms with Gasteiger partial charge in [-0.25, -0.2) is 0 Å². The van der Waals surface area contributed by atoms with Gasteiger partial charge < -0.3 is 19.3 Å². The molecule has 5 heteroatoms. The highest BCUT2D eigenvalue weighted by Crippen LogP contribution is 2.37. The Morgan fingerprint density at radius 2 is 2.11 bits per heavy atom. The summed E-state index contributed by atoms with van der Waals surface area (Å²) in [5.74, 6) is -0.440. The van der Waals surface area contributed by atoms with E-state index in [4.69, 9.17) is 14.2 Å². The van der Waals surface area contributed by atoms with Crippen molar-refractivity contribution >= 4 is 0 Å². The Labute approximate surface area is 109 Å². The van der Waals surface area contributed by atoms with Crippen LogP contribution in [0.2, 0.25) is 0 Å². The SMILES string of the molecule is CCN(CCOC)C1CC2(CCC1O)OCCO2. The zero-order valence-electron chi connectivity index (χ0n) is 11.4. The fraction of sp³-hybridized carbons (Fsp3) is 1.00. The van der Waals surface area contributed by atoms with Crippen LogP contribution in [0.5, 0.6) is 0 Å². The van der Waals surface area contributed by atoms with Crippen LogP contribution in [-0.4, -0.2) is 68.0 Å². The van der Waals surface area contributed by atoms with E-state index in [1.165, 1.54) is 0 Å². The minimum Gasteiger partial charge on any atom is -0.391 e. The summed E-state index contributed by atoms with van der Waals surface area (Å²) in [5.41, 5.74) is 0. The van der Waals surface area contributed by atoms with E-state index in [0.29, 0.717) is 19.8 Å². The predicted octanol–water partition coefficient (Wildman–Crippen LogP) is 0.611. The fourth-order valence-electron chi connectivity index (χ4n) is 3.02. The zero-order valence-corrected chi connectivity index (χ0v) is 11.4. The monoisotopic (exact) mass is 259 g/mol. The molecular weight excluding hydrogens is 234 g/mol. The number of hydrogen-bond acceptors (Lipinski definition) is 5. The Morgan fingerprint density at radius 1 is 1.39 bits per heavy atom. The molecule has 18 heavy (non-hydrogen) atoms. The highest BCUT2D eigenvalue weighted by atomic mass is 16.7. The molecule has 0 aromatic rings. The molecule has 2 rings (SSSR count). The summed E-state index contributed by atoms with van der Waals surface area (Å²) < 4.78 is 16.7. The molecular formula is C13H25NO4. The smallest absolute Gasteiger partial charge is 0.170 e. The van der Waals surface area contributed by atoms with Crippen LogP contribution in [0.1, 0.15) is 26.2 Å². The number of ether oxygens (including phenoxy) is 3. The first-order valence-corrected chi connectivity index (χ1v) is 6.90. The molecule has 2 atom stereocenters. The Morgan fingerprint density at radius 3 is 2.72 bits per heavy atom. The third-order valence-corrected chi connectivity index (χ3v) is 4.06. The maximum Gasteiger partial charge on any atom is 0.170 e. The lowest BCUT2D eigenvalue weighted by atomic mass is 9.86. The molecule has 1 saturated carbocycles. The summed E-state index contributed by atoms with van der Waals surface area (Å²) in [7, 11) is 1.70. The van der Waals surface area contributed by atoms with Gasteiger partial charge in [-0.15, -0.1) is 0 Å². The lowest BCUT2D eigenvalue weighted by Gasteiger charge is -2.43. The van der Waals surface area contributed by atoms with E-state index in [1.807, 2.05) is 0 Å². The van der Waals surface area contributed by atoms with Gasteiger partial charge in [0.05, 0.1) is 25.9 Å². The second-order valence-corrected chi connectivity index (χ2v) is 5.11. The van der Waals surface area contributed by atoms with Crippen LogP contribution in [0.25, 0.3) is 0 Å². The number of methoxy groups -OCH3 is 1. The third-order valence-electron chi connectivity index (χ3n) is 4.06. The molecule has 106 valence electrons. The molecule has 1 aliphatic carbocycles. The lowest BCUT2D eigenvalue weighted by Crippen LogP contribution is -2.54. The van der Waals surface area contributed by atoms with E-state index in [2.05, 4.69) is 11.8 Å². The van der Waals surface area contributed by atoms with Gasteiger partial charge in [0.1, 0.15) is 0 Å². The first-order chi connectivity index (χ1) is 8.71. The summed E-state index contributed by atoms with van der Waals surface area (Å²) in [6.45, 7) is 5.89. The van der Waals surface area contributed by atoms with E-state index in [-0.39, 0.29) is 12.1 Å². The van der Waals surface area contributed by atoms with E-state index < -0.39 is 5.79 Å². The van der Waals surface area contributed by atoms with Gasteiger partial charge in [0.15, 0.2) is 5.79 Å². The summed E-state index contributed by atoms with van der Waals surface area (Å²) in [6.07, 6.45) is 2.01. The fourth-order valence-corrected chi connectivity index (χ4v) is 3.02. The van der Waals surface area contributed by atoms with Crippen LogP contribution in [0, 0.1) is 0 Å². The topological polar surface area (TPSA) is 51.2 Å². The van der Waals surface area contributed by atoms with Crippen molar-refractivity contribution < 1.29 is 19.3 Å². The standard InChI is InChI=1S/C13H25NO4/c1-3-14(6-7-16-2)11-10-13(5-4-12(11)15)17-8-9-18-13/h11-12,15H,3-10H2,1-2H3. The molecule has 2 unspecified atom stereocenters. The predicted molar refractivity (Wildman–Crippen MR) is 67.4 cm³/mol. The summed E-state index contributed by atoms with van der Waals surface area (Å²) in [4.78, 5) is 2.26. The minimum absolute atomic E-state index is 0.108. The molecule has 1 spiro atoms. The van der Waals surface area contributed by atoms with Gasteiger partial charge in [0, 0.05) is 32.5 Å². The molecule has 1 N–H and O–H groups in total. The molecule has 2 fully saturated rings. The average molecular weight is 259 g/mol. The highest BCUT2D eigenvalue weighted by molar-refractivity contribution is 4.93. The Balaban J connectivity index is 1.99. The van der Waals surface area contributed by atoms with Crippen molar-refractivity contribution in [2.45, 2.75) is 44.1 Å². The van der Waals surface area contributed by atoms with Crippen LogP contribution in [-0.2, 0) is 14.2 Å². The van der Waals surface area contributed by atoms with Gasteiger partial charge in [-0.1, -0.05) is 6.92 Å². The van der Waals surface area contributed by atoms with E-state index in [9.17, 15) is 5.11 Å². The second-order valence-electron chi connectivity index (χ2n) is 5.11. The molecule has 1 saturated heterocycles. The summed E-state index contributed by atoms with van der Waals surface area (Å²) in [5, 5.41) is 10.2. The van der Waals surface area contributed by atoms with Crippen molar-refractivity contribution in [2.75, 3.05) is 40.0 Å². The van der Waals surface area contributed by atoms with E-state index in [1.54, 1.807) is 7.11 Å². The van der Waals surface area contributed by atoms with Crippen LogP contribution >= 0.6 is 0 Å². The van der Waals surface area contributed by atoms with Gasteiger partial charge in [-0.2, -0.15) is 0 Å². The first-order valence-electron chi connectivity index (χ1n) is 6.90. The number of hydrogen-bond donors (Lipinski definition) is 1. The molecule has 5 nitrogen and oxygen atoms in total. The van der Waals surface area contributed by atoms with Crippen LogP contribution < -0.4 is 0 Å². The van der Waals surface area contributed by atoms with Gasteiger partial charge in [-0.05, 0) is 13.0 Å². The maximum absolute atomic E-state index is 10.2. The zero-order chi connectivity index (χ0) is 13.0. The Hall–Kier alpha value is -0.200. The van der Waals surface area contributed by atoms with Gasteiger partial charge in [-0.3, -0.25) is 4.90 Å². The Bertz CT molecular complexity index is 255. The van der Waals surface area contributed by atoms with Crippen molar-refractivity contribution in [2.24, 2.45) is 0 Å². The van der Waals surface area contributed by atoms with E-state index >= 15 is 0 Å². The largest absolute Gasteiger partial charge is 0.391 e. The van der Waals surface area contributed by atoms with E-state index in [0.717, 1.165) is 32.4 Å². The number of aliphatic hydroxyl groups excluding tert-OH is 1. The normalized spacial score (nSPS) is 31.3. The van der Waals surface area contributed by atoms with Crippen molar-refractivity contribution in [3.63, 3.8) is 0 Å². The summed E-state index contributed by atoms with van der Waals surface area (Å²) >= 11 is 0. The summed E-state index contributed by atoms with van der Waals surface area (Å²) in [6, 6.07) is 0.108. The molecule has 1 heterocycles. The maximum atomic E-state index is 10.2. The lowest BCUT2D eigenvalue weighted by molar-refractivity contribution is -0.205. The van der Waals surface area contributed by atoms with Crippen molar-refractivity contribution in [3.8, 4) is 0 Å². The van der Waals surface area contributed by atoms with Crippen molar-refractivity contribution in [1.82, 2.24) is 4.90 Å². The molecule has 0 aromatic carbocycles. The number of aliphatic hydroxyl groups is 1.